The van der Waals surface area contributed by atoms with Crippen molar-refractivity contribution in [3.63, 3.8) is 0 Å². The van der Waals surface area contributed by atoms with Gasteiger partial charge in [0.05, 0.1) is 38.2 Å². The molecular formula is C22H18O9. The lowest BCUT2D eigenvalue weighted by molar-refractivity contribution is -0.148. The highest BCUT2D eigenvalue weighted by atomic mass is 16.7. The van der Waals surface area contributed by atoms with Crippen LogP contribution in [0.1, 0.15) is 17.0 Å². The van der Waals surface area contributed by atoms with Crippen LogP contribution >= 0.6 is 0 Å². The summed E-state index contributed by atoms with van der Waals surface area (Å²) < 4.78 is 38.6. The van der Waals surface area contributed by atoms with Crippen molar-refractivity contribution in [2.24, 2.45) is 0 Å². The maximum Gasteiger partial charge on any atom is 0.348 e. The van der Waals surface area contributed by atoms with Gasteiger partial charge >= 0.3 is 11.6 Å². The predicted octanol–water partition coefficient (Wildman–Crippen LogP) is 2.60. The Bertz CT molecular complexity index is 1260. The molecule has 5 rings (SSSR count). The van der Waals surface area contributed by atoms with Crippen molar-refractivity contribution in [1.82, 2.24) is 0 Å². The van der Waals surface area contributed by atoms with Crippen molar-refractivity contribution in [3.8, 4) is 28.7 Å². The molecule has 1 aromatic heterocycles. The van der Waals surface area contributed by atoms with Crippen molar-refractivity contribution < 1.29 is 37.6 Å². The molecule has 0 spiro atoms. The van der Waals surface area contributed by atoms with E-state index in [9.17, 15) is 9.59 Å². The lowest BCUT2D eigenvalue weighted by Gasteiger charge is -2.21. The number of ether oxygens (including phenoxy) is 6. The molecule has 0 radical (unpaired) electrons. The molecule has 3 heterocycles. The van der Waals surface area contributed by atoms with Crippen LogP contribution in [0.4, 0.5) is 0 Å². The highest BCUT2D eigenvalue weighted by Gasteiger charge is 2.47. The molecule has 0 saturated heterocycles. The van der Waals surface area contributed by atoms with Crippen molar-refractivity contribution in [2.45, 2.75) is 12.0 Å². The van der Waals surface area contributed by atoms with Gasteiger partial charge in [0.25, 0.3) is 0 Å². The summed E-state index contributed by atoms with van der Waals surface area (Å²) in [6, 6.07) is 8.58. The van der Waals surface area contributed by atoms with Gasteiger partial charge in [-0.15, -0.1) is 0 Å². The molecule has 160 valence electrons. The van der Waals surface area contributed by atoms with Crippen LogP contribution in [-0.4, -0.2) is 40.2 Å². The van der Waals surface area contributed by atoms with Gasteiger partial charge in [-0.25, -0.2) is 9.59 Å². The highest BCUT2D eigenvalue weighted by molar-refractivity contribution is 5.89. The van der Waals surface area contributed by atoms with E-state index in [1.165, 1.54) is 21.3 Å². The summed E-state index contributed by atoms with van der Waals surface area (Å²) in [6.45, 7) is -0.0174. The molecule has 0 bridgehead atoms. The van der Waals surface area contributed by atoms with Crippen LogP contribution in [0.25, 0.3) is 11.0 Å². The van der Waals surface area contributed by atoms with E-state index in [2.05, 4.69) is 0 Å². The third-order valence-electron chi connectivity index (χ3n) is 5.44. The van der Waals surface area contributed by atoms with Crippen LogP contribution in [0.5, 0.6) is 28.7 Å². The van der Waals surface area contributed by atoms with Crippen LogP contribution < -0.4 is 29.3 Å². The van der Waals surface area contributed by atoms with E-state index in [0.717, 1.165) is 0 Å². The first-order valence-electron chi connectivity index (χ1n) is 9.43. The first kappa shape index (κ1) is 19.1. The normalized spacial score (nSPS) is 18.4. The highest BCUT2D eigenvalue weighted by Crippen LogP contribution is 2.55. The molecule has 2 aromatic carbocycles. The fraction of sp³-hybridized carbons (Fsp3) is 0.273. The molecule has 0 fully saturated rings. The molecule has 9 nitrogen and oxygen atoms in total. The minimum atomic E-state index is -1.15. The number of fused-ring (bicyclic) bond motifs is 4. The molecule has 31 heavy (non-hydrogen) atoms. The zero-order chi connectivity index (χ0) is 21.7. The number of para-hydroxylation sites is 1. The summed E-state index contributed by atoms with van der Waals surface area (Å²) in [7, 11) is 4.19. The van der Waals surface area contributed by atoms with Gasteiger partial charge in [-0.3, -0.25) is 0 Å². The van der Waals surface area contributed by atoms with Gasteiger partial charge in [-0.1, -0.05) is 12.1 Å². The topological polar surface area (TPSA) is 103 Å². The lowest BCUT2D eigenvalue weighted by atomic mass is 9.87. The van der Waals surface area contributed by atoms with Crippen LogP contribution in [0.15, 0.2) is 39.5 Å². The smallest absolute Gasteiger partial charge is 0.348 e. The molecular weight excluding hydrogens is 408 g/mol. The summed E-state index contributed by atoms with van der Waals surface area (Å²) in [5.74, 6) is 0.0965. The number of rotatable bonds is 4. The molecule has 9 heteroatoms. The Morgan fingerprint density at radius 1 is 1.03 bits per heavy atom. The molecule has 0 N–H and O–H groups in total. The van der Waals surface area contributed by atoms with Crippen LogP contribution in [-0.2, 0) is 9.53 Å². The third kappa shape index (κ3) is 2.69. The summed E-state index contributed by atoms with van der Waals surface area (Å²) in [5, 5.41) is 0.570. The fourth-order valence-electron chi connectivity index (χ4n) is 4.12. The second-order valence-electron chi connectivity index (χ2n) is 6.93. The summed E-state index contributed by atoms with van der Waals surface area (Å²) in [4.78, 5) is 25.7. The minimum Gasteiger partial charge on any atom is -0.493 e. The zero-order valence-electron chi connectivity index (χ0n) is 16.9. The molecule has 0 saturated carbocycles. The zero-order valence-corrected chi connectivity index (χ0v) is 16.9. The Labute approximate surface area is 176 Å². The van der Waals surface area contributed by atoms with E-state index in [4.69, 9.17) is 32.8 Å². The summed E-state index contributed by atoms with van der Waals surface area (Å²) in [5.41, 5.74) is 0.364. The molecule has 0 unspecified atom stereocenters. The van der Waals surface area contributed by atoms with Crippen LogP contribution in [0.2, 0.25) is 0 Å². The van der Waals surface area contributed by atoms with Gasteiger partial charge in [0.15, 0.2) is 11.5 Å². The van der Waals surface area contributed by atoms with Crippen LogP contribution in [0.3, 0.4) is 0 Å². The average molecular weight is 426 g/mol. The van der Waals surface area contributed by atoms with Crippen molar-refractivity contribution in [1.29, 1.82) is 0 Å². The Balaban J connectivity index is 1.82. The number of carbonyl (C=O) groups is 1. The van der Waals surface area contributed by atoms with E-state index >= 15 is 0 Å². The second kappa shape index (κ2) is 7.12. The SMILES string of the molecule is COC(=O)[C@@H]1Oc2c(c(=O)oc3ccccc23)[C@H]1c1cc(OC)c2c(c1OC)OCO2. The van der Waals surface area contributed by atoms with Crippen molar-refractivity contribution >= 4 is 16.9 Å². The molecule has 0 amide bonds. The van der Waals surface area contributed by atoms with E-state index in [-0.39, 0.29) is 18.1 Å². The van der Waals surface area contributed by atoms with Gasteiger partial charge in [-0.2, -0.15) is 0 Å². The number of hydrogen-bond acceptors (Lipinski definition) is 9. The Morgan fingerprint density at radius 2 is 1.81 bits per heavy atom. The second-order valence-corrected chi connectivity index (χ2v) is 6.93. The van der Waals surface area contributed by atoms with E-state index in [0.29, 0.717) is 39.5 Å². The lowest BCUT2D eigenvalue weighted by Crippen LogP contribution is -2.32. The maximum atomic E-state index is 13.0. The summed E-state index contributed by atoms with van der Waals surface area (Å²) >= 11 is 0. The number of carbonyl (C=O) groups excluding carboxylic acids is 1. The Morgan fingerprint density at radius 3 is 2.55 bits per heavy atom. The standard InChI is InChI=1S/C22H18O9/c1-25-13-8-11(17(26-2)20-18(13)28-9-29-20)14-15-16(31-19(14)22(24)27-3)10-6-4-5-7-12(10)30-21(15)23/h4-8,14,19H,9H2,1-3H3/t14-,19-/m1/s1. The molecule has 2 atom stereocenters. The largest absolute Gasteiger partial charge is 0.493 e. The Hall–Kier alpha value is -3.88. The van der Waals surface area contributed by atoms with E-state index in [1.807, 2.05) is 0 Å². The van der Waals surface area contributed by atoms with E-state index in [1.54, 1.807) is 30.3 Å². The fourth-order valence-corrected chi connectivity index (χ4v) is 4.12. The number of esters is 1. The first-order valence-corrected chi connectivity index (χ1v) is 9.43. The molecule has 0 aliphatic carbocycles. The molecule has 2 aliphatic rings. The summed E-state index contributed by atoms with van der Waals surface area (Å²) in [6.07, 6.45) is -1.15. The first-order chi connectivity index (χ1) is 15.1. The third-order valence-corrected chi connectivity index (χ3v) is 5.44. The minimum absolute atomic E-state index is 0.0174. The number of benzene rings is 2. The quantitative estimate of drug-likeness (QED) is 0.460. The van der Waals surface area contributed by atoms with Crippen molar-refractivity contribution in [2.75, 3.05) is 28.1 Å². The molecule has 2 aliphatic heterocycles. The maximum absolute atomic E-state index is 13.0. The molecule has 3 aromatic rings. The number of hydrogen-bond donors (Lipinski definition) is 0. The van der Waals surface area contributed by atoms with Crippen molar-refractivity contribution in [3.05, 3.63) is 51.9 Å². The van der Waals surface area contributed by atoms with Crippen LogP contribution in [0, 0.1) is 0 Å². The number of methoxy groups -OCH3 is 3. The van der Waals surface area contributed by atoms with Gasteiger partial charge in [0, 0.05) is 5.56 Å². The average Bonchev–Trinajstić information content (AvgIpc) is 3.43. The van der Waals surface area contributed by atoms with E-state index < -0.39 is 23.6 Å². The monoisotopic (exact) mass is 426 g/mol. The van der Waals surface area contributed by atoms with Gasteiger partial charge < -0.3 is 32.8 Å². The van der Waals surface area contributed by atoms with Gasteiger partial charge in [-0.05, 0) is 18.2 Å². The van der Waals surface area contributed by atoms with Gasteiger partial charge in [0.1, 0.15) is 11.3 Å². The Kier molecular flexibility index (Phi) is 4.39. The van der Waals surface area contributed by atoms with Gasteiger partial charge in [0.2, 0.25) is 24.4 Å². The predicted molar refractivity (Wildman–Crippen MR) is 106 cm³/mol.